The zero-order valence-corrected chi connectivity index (χ0v) is 14.9. The van der Waals surface area contributed by atoms with Crippen molar-refractivity contribution in [1.82, 2.24) is 0 Å². The number of hydrogen-bond acceptors (Lipinski definition) is 2. The van der Waals surface area contributed by atoms with Gasteiger partial charge in [-0.05, 0) is 48.7 Å². The standard InChI is InChI=1S/C18H19Cl2N3O/c1-24-16-6-5-14(10-15(16)20)23-17(21)22-11-18(7-8-18)12-3-2-4-13(19)9-12/h2-6,9-10H,7-8,11H2,1H3,(H3,21,22,23). The summed E-state index contributed by atoms with van der Waals surface area (Å²) in [4.78, 5) is 4.50. The van der Waals surface area contributed by atoms with Crippen LogP contribution >= 0.6 is 23.2 Å². The average molecular weight is 364 g/mol. The summed E-state index contributed by atoms with van der Waals surface area (Å²) >= 11 is 12.2. The molecule has 0 radical (unpaired) electrons. The number of nitrogens with zero attached hydrogens (tertiary/aromatic N) is 1. The molecule has 1 aliphatic carbocycles. The number of ether oxygens (including phenoxy) is 1. The van der Waals surface area contributed by atoms with Crippen LogP contribution in [0.2, 0.25) is 10.0 Å². The van der Waals surface area contributed by atoms with Gasteiger partial charge in [-0.2, -0.15) is 0 Å². The van der Waals surface area contributed by atoms with E-state index in [1.807, 2.05) is 24.3 Å². The molecule has 0 atom stereocenters. The molecule has 1 fully saturated rings. The Kier molecular flexibility index (Phi) is 4.88. The third-order valence-electron chi connectivity index (χ3n) is 4.27. The first-order valence-electron chi connectivity index (χ1n) is 7.69. The second kappa shape index (κ2) is 6.91. The summed E-state index contributed by atoms with van der Waals surface area (Å²) in [5, 5.41) is 4.33. The maximum absolute atomic E-state index is 6.11. The minimum absolute atomic E-state index is 0.0642. The molecule has 2 aromatic rings. The normalized spacial score (nSPS) is 15.9. The SMILES string of the molecule is COc1ccc(NC(N)=NCC2(c3cccc(Cl)c3)CC2)cc1Cl. The topological polar surface area (TPSA) is 59.6 Å². The summed E-state index contributed by atoms with van der Waals surface area (Å²) in [6.45, 7) is 0.635. The molecule has 126 valence electrons. The predicted molar refractivity (Wildman–Crippen MR) is 100 cm³/mol. The number of guanidine groups is 1. The van der Waals surface area contributed by atoms with Crippen LogP contribution in [-0.2, 0) is 5.41 Å². The Labute approximate surface area is 151 Å². The second-order valence-electron chi connectivity index (χ2n) is 5.97. The number of anilines is 1. The molecular formula is C18H19Cl2N3O. The van der Waals surface area contributed by atoms with E-state index in [1.165, 1.54) is 5.56 Å². The minimum Gasteiger partial charge on any atom is -0.495 e. The highest BCUT2D eigenvalue weighted by molar-refractivity contribution is 6.32. The molecule has 0 heterocycles. The van der Waals surface area contributed by atoms with Crippen LogP contribution in [0, 0.1) is 0 Å². The Bertz CT molecular complexity index is 773. The van der Waals surface area contributed by atoms with Gasteiger partial charge in [-0.25, -0.2) is 0 Å². The molecule has 24 heavy (non-hydrogen) atoms. The lowest BCUT2D eigenvalue weighted by Gasteiger charge is -2.14. The molecule has 3 N–H and O–H groups in total. The maximum Gasteiger partial charge on any atom is 0.193 e. The molecule has 4 nitrogen and oxygen atoms in total. The molecule has 3 rings (SSSR count). The molecular weight excluding hydrogens is 345 g/mol. The van der Waals surface area contributed by atoms with Crippen molar-refractivity contribution in [3.63, 3.8) is 0 Å². The van der Waals surface area contributed by atoms with Crippen molar-refractivity contribution in [2.75, 3.05) is 19.0 Å². The van der Waals surface area contributed by atoms with Crippen molar-refractivity contribution in [2.45, 2.75) is 18.3 Å². The zero-order chi connectivity index (χ0) is 17.2. The number of nitrogens with two attached hydrogens (primary N) is 1. The van der Waals surface area contributed by atoms with E-state index in [-0.39, 0.29) is 5.41 Å². The maximum atomic E-state index is 6.11. The summed E-state index contributed by atoms with van der Waals surface area (Å²) in [6, 6.07) is 13.4. The largest absolute Gasteiger partial charge is 0.495 e. The summed E-state index contributed by atoms with van der Waals surface area (Å²) in [5.41, 5.74) is 8.07. The van der Waals surface area contributed by atoms with Crippen LogP contribution in [0.1, 0.15) is 18.4 Å². The Morgan fingerprint density at radius 3 is 2.67 bits per heavy atom. The lowest BCUT2D eigenvalue weighted by molar-refractivity contribution is 0.415. The van der Waals surface area contributed by atoms with E-state index in [4.69, 9.17) is 33.7 Å². The highest BCUT2D eigenvalue weighted by Gasteiger charge is 2.44. The van der Waals surface area contributed by atoms with E-state index in [2.05, 4.69) is 16.4 Å². The van der Waals surface area contributed by atoms with Gasteiger partial charge in [0.15, 0.2) is 5.96 Å². The van der Waals surface area contributed by atoms with Gasteiger partial charge in [-0.3, -0.25) is 4.99 Å². The number of hydrogen-bond donors (Lipinski definition) is 2. The molecule has 1 saturated carbocycles. The monoisotopic (exact) mass is 363 g/mol. The molecule has 6 heteroatoms. The van der Waals surface area contributed by atoms with Crippen molar-refractivity contribution < 1.29 is 4.74 Å². The van der Waals surface area contributed by atoms with Crippen molar-refractivity contribution in [3.05, 3.63) is 58.1 Å². The summed E-state index contributed by atoms with van der Waals surface area (Å²) in [5.74, 6) is 0.986. The number of nitrogens with one attached hydrogen (secondary N) is 1. The Hall–Kier alpha value is -1.91. The molecule has 0 spiro atoms. The van der Waals surface area contributed by atoms with Crippen molar-refractivity contribution >= 4 is 34.8 Å². The Morgan fingerprint density at radius 1 is 1.25 bits per heavy atom. The van der Waals surface area contributed by atoms with E-state index >= 15 is 0 Å². The predicted octanol–water partition coefficient (Wildman–Crippen LogP) is 4.46. The van der Waals surface area contributed by atoms with Crippen LogP contribution in [0.3, 0.4) is 0 Å². The van der Waals surface area contributed by atoms with Crippen LogP contribution in [0.15, 0.2) is 47.5 Å². The van der Waals surface area contributed by atoms with Gasteiger partial charge in [0.25, 0.3) is 0 Å². The highest BCUT2D eigenvalue weighted by Crippen LogP contribution is 2.48. The molecule has 0 bridgehead atoms. The molecule has 1 aliphatic rings. The number of aliphatic imine (C=N–C) groups is 1. The third-order valence-corrected chi connectivity index (χ3v) is 4.80. The summed E-state index contributed by atoms with van der Waals surface area (Å²) in [6.07, 6.45) is 2.19. The van der Waals surface area contributed by atoms with Gasteiger partial charge in [0.05, 0.1) is 18.7 Å². The van der Waals surface area contributed by atoms with Crippen molar-refractivity contribution in [1.29, 1.82) is 0 Å². The number of halogens is 2. The zero-order valence-electron chi connectivity index (χ0n) is 13.4. The summed E-state index contributed by atoms with van der Waals surface area (Å²) in [7, 11) is 1.58. The Balaban J connectivity index is 1.67. The smallest absolute Gasteiger partial charge is 0.193 e. The van der Waals surface area contributed by atoms with E-state index in [0.717, 1.165) is 23.6 Å². The van der Waals surface area contributed by atoms with Gasteiger partial charge in [0.2, 0.25) is 0 Å². The fourth-order valence-electron chi connectivity index (χ4n) is 2.68. The molecule has 0 unspecified atom stereocenters. The van der Waals surface area contributed by atoms with E-state index < -0.39 is 0 Å². The fraction of sp³-hybridized carbons (Fsp3) is 0.278. The van der Waals surface area contributed by atoms with Gasteiger partial charge >= 0.3 is 0 Å². The fourth-order valence-corrected chi connectivity index (χ4v) is 3.12. The average Bonchev–Trinajstić information content (AvgIpc) is 3.34. The van der Waals surface area contributed by atoms with Gasteiger partial charge < -0.3 is 15.8 Å². The van der Waals surface area contributed by atoms with Crippen molar-refractivity contribution in [3.8, 4) is 5.75 Å². The lowest BCUT2D eigenvalue weighted by atomic mass is 9.96. The molecule has 0 aliphatic heterocycles. The molecule has 2 aromatic carbocycles. The number of benzene rings is 2. The first kappa shape index (κ1) is 16.9. The van der Waals surface area contributed by atoms with Crippen LogP contribution in [0.5, 0.6) is 5.75 Å². The molecule has 0 saturated heterocycles. The minimum atomic E-state index is 0.0642. The van der Waals surface area contributed by atoms with Gasteiger partial charge in [-0.15, -0.1) is 0 Å². The third kappa shape index (κ3) is 3.77. The van der Waals surface area contributed by atoms with E-state index in [0.29, 0.717) is 23.3 Å². The summed E-state index contributed by atoms with van der Waals surface area (Å²) < 4.78 is 5.13. The first-order chi connectivity index (χ1) is 11.5. The molecule has 0 amide bonds. The van der Waals surface area contributed by atoms with Gasteiger partial charge in [0.1, 0.15) is 5.75 Å². The first-order valence-corrected chi connectivity index (χ1v) is 8.44. The quantitative estimate of drug-likeness (QED) is 0.608. The van der Waals surface area contributed by atoms with Crippen LogP contribution in [-0.4, -0.2) is 19.6 Å². The van der Waals surface area contributed by atoms with Crippen molar-refractivity contribution in [2.24, 2.45) is 10.7 Å². The molecule has 0 aromatic heterocycles. The van der Waals surface area contributed by atoms with Gasteiger partial charge in [0, 0.05) is 16.1 Å². The van der Waals surface area contributed by atoms with Crippen LogP contribution < -0.4 is 15.8 Å². The van der Waals surface area contributed by atoms with E-state index in [9.17, 15) is 0 Å². The lowest BCUT2D eigenvalue weighted by Crippen LogP contribution is -2.25. The van der Waals surface area contributed by atoms with E-state index in [1.54, 1.807) is 19.2 Å². The Morgan fingerprint density at radius 2 is 2.04 bits per heavy atom. The van der Waals surface area contributed by atoms with Crippen LogP contribution in [0.25, 0.3) is 0 Å². The number of methoxy groups -OCH3 is 1. The van der Waals surface area contributed by atoms with Crippen LogP contribution in [0.4, 0.5) is 5.69 Å². The highest BCUT2D eigenvalue weighted by atomic mass is 35.5. The second-order valence-corrected chi connectivity index (χ2v) is 6.81. The van der Waals surface area contributed by atoms with Gasteiger partial charge in [-0.1, -0.05) is 35.3 Å². The number of rotatable bonds is 5.